The van der Waals surface area contributed by atoms with Crippen molar-refractivity contribution >= 4 is 28.3 Å². The van der Waals surface area contributed by atoms with Crippen molar-refractivity contribution < 1.29 is 14.5 Å². The molecule has 0 saturated carbocycles. The number of halogens is 1. The first-order chi connectivity index (χ1) is 9.50. The molecular formula is C14H8ClNO4. The molecule has 6 heteroatoms. The van der Waals surface area contributed by atoms with Gasteiger partial charge >= 0.3 is 0 Å². The second-order valence-electron chi connectivity index (χ2n) is 3.95. The van der Waals surface area contributed by atoms with E-state index in [1.54, 1.807) is 12.1 Å². The van der Waals surface area contributed by atoms with Crippen molar-refractivity contribution in [2.75, 3.05) is 0 Å². The Kier molecular flexibility index (Phi) is 3.91. The Labute approximate surface area is 118 Å². The van der Waals surface area contributed by atoms with E-state index in [9.17, 15) is 19.7 Å². The number of carbonyl (C=O) groups is 2. The number of carbonyl (C=O) groups excluding carboxylic acids is 2. The molecule has 0 heterocycles. The van der Waals surface area contributed by atoms with E-state index in [1.165, 1.54) is 36.4 Å². The van der Waals surface area contributed by atoms with Gasteiger partial charge in [-0.25, -0.2) is 0 Å². The fourth-order valence-corrected chi connectivity index (χ4v) is 1.91. The van der Waals surface area contributed by atoms with Crippen LogP contribution in [0, 0.1) is 10.1 Å². The molecule has 0 amide bonds. The average Bonchev–Trinajstić information content (AvgIpc) is 2.46. The predicted octanol–water partition coefficient (Wildman–Crippen LogP) is 3.20. The minimum atomic E-state index is -0.726. The number of rotatable bonds is 4. The Hall–Kier alpha value is -2.53. The van der Waals surface area contributed by atoms with Gasteiger partial charge in [0.1, 0.15) is 0 Å². The summed E-state index contributed by atoms with van der Waals surface area (Å²) >= 11 is 5.43. The Morgan fingerprint density at radius 3 is 2.00 bits per heavy atom. The molecule has 0 N–H and O–H groups in total. The van der Waals surface area contributed by atoms with Crippen molar-refractivity contribution in [1.82, 2.24) is 0 Å². The van der Waals surface area contributed by atoms with Crippen LogP contribution in [-0.2, 0) is 0 Å². The summed E-state index contributed by atoms with van der Waals surface area (Å²) in [5.41, 5.74) is 0.420. The van der Waals surface area contributed by atoms with Gasteiger partial charge in [-0.15, -0.1) is 0 Å². The summed E-state index contributed by atoms with van der Waals surface area (Å²) in [6, 6.07) is 11.3. The lowest BCUT2D eigenvalue weighted by Crippen LogP contribution is -2.07. The van der Waals surface area contributed by atoms with Gasteiger partial charge in [-0.2, -0.15) is 0 Å². The van der Waals surface area contributed by atoms with E-state index in [-0.39, 0.29) is 22.4 Å². The molecule has 0 spiro atoms. The number of benzene rings is 2. The number of ketones is 1. The first kappa shape index (κ1) is 13.9. The fraction of sp³-hybridized carbons (Fsp3) is 0. The normalized spacial score (nSPS) is 10.1. The van der Waals surface area contributed by atoms with E-state index in [2.05, 4.69) is 0 Å². The van der Waals surface area contributed by atoms with Crippen LogP contribution >= 0.6 is 11.6 Å². The Morgan fingerprint density at radius 2 is 1.50 bits per heavy atom. The molecule has 0 atom stereocenters. The highest BCUT2D eigenvalue weighted by molar-refractivity contribution is 6.68. The molecular weight excluding hydrogens is 282 g/mol. The standard InChI is InChI=1S/C14H8ClNO4/c15-14(18)12-4-2-1-3-11(12)13(17)9-5-7-10(8-6-9)16(19)20/h1-8H. The van der Waals surface area contributed by atoms with E-state index in [4.69, 9.17) is 11.6 Å². The van der Waals surface area contributed by atoms with E-state index in [1.807, 2.05) is 0 Å². The molecule has 0 aliphatic heterocycles. The van der Waals surface area contributed by atoms with Crippen LogP contribution in [0.2, 0.25) is 0 Å². The Bertz CT molecular complexity index is 695. The number of nitro groups is 1. The van der Waals surface area contributed by atoms with Crippen molar-refractivity contribution in [1.29, 1.82) is 0 Å². The summed E-state index contributed by atoms with van der Waals surface area (Å²) in [5, 5.41) is 9.83. The minimum Gasteiger partial charge on any atom is -0.289 e. The van der Waals surface area contributed by atoms with Crippen LogP contribution in [-0.4, -0.2) is 15.9 Å². The average molecular weight is 290 g/mol. The quantitative estimate of drug-likeness (QED) is 0.375. The molecule has 0 saturated heterocycles. The van der Waals surface area contributed by atoms with Gasteiger partial charge in [0.05, 0.1) is 4.92 Å². The number of nitro benzene ring substituents is 1. The molecule has 0 aliphatic carbocycles. The fourth-order valence-electron chi connectivity index (χ4n) is 1.74. The molecule has 0 bridgehead atoms. The third kappa shape index (κ3) is 2.73. The van der Waals surface area contributed by atoms with Crippen LogP contribution in [0.4, 0.5) is 5.69 Å². The first-order valence-electron chi connectivity index (χ1n) is 5.58. The number of hydrogen-bond acceptors (Lipinski definition) is 4. The van der Waals surface area contributed by atoms with E-state index in [0.29, 0.717) is 0 Å². The van der Waals surface area contributed by atoms with Crippen LogP contribution in [0.15, 0.2) is 48.5 Å². The zero-order valence-corrected chi connectivity index (χ0v) is 10.8. The molecule has 100 valence electrons. The van der Waals surface area contributed by atoms with Crippen molar-refractivity contribution in [2.24, 2.45) is 0 Å². The lowest BCUT2D eigenvalue weighted by Gasteiger charge is -2.05. The third-order valence-electron chi connectivity index (χ3n) is 2.72. The van der Waals surface area contributed by atoms with E-state index < -0.39 is 15.9 Å². The maximum absolute atomic E-state index is 12.3. The summed E-state index contributed by atoms with van der Waals surface area (Å²) in [6.07, 6.45) is 0. The van der Waals surface area contributed by atoms with Gasteiger partial charge in [-0.05, 0) is 29.8 Å². The van der Waals surface area contributed by atoms with Crippen molar-refractivity contribution in [3.05, 3.63) is 75.3 Å². The minimum absolute atomic E-state index is 0.108. The zero-order chi connectivity index (χ0) is 14.7. The third-order valence-corrected chi connectivity index (χ3v) is 2.93. The zero-order valence-electron chi connectivity index (χ0n) is 10.1. The van der Waals surface area contributed by atoms with Crippen LogP contribution < -0.4 is 0 Å². The molecule has 5 nitrogen and oxygen atoms in total. The van der Waals surface area contributed by atoms with Crippen molar-refractivity contribution in [3.8, 4) is 0 Å². The van der Waals surface area contributed by atoms with Gasteiger partial charge in [-0.1, -0.05) is 18.2 Å². The van der Waals surface area contributed by atoms with Gasteiger partial charge in [0.15, 0.2) is 5.78 Å². The first-order valence-corrected chi connectivity index (χ1v) is 5.96. The largest absolute Gasteiger partial charge is 0.289 e. The van der Waals surface area contributed by atoms with Gasteiger partial charge in [0.25, 0.3) is 10.9 Å². The van der Waals surface area contributed by atoms with Crippen molar-refractivity contribution in [3.63, 3.8) is 0 Å². The second kappa shape index (κ2) is 5.63. The lowest BCUT2D eigenvalue weighted by molar-refractivity contribution is -0.384. The molecule has 0 radical (unpaired) electrons. The number of non-ortho nitro benzene ring substituents is 1. The molecule has 0 aromatic heterocycles. The van der Waals surface area contributed by atoms with Crippen LogP contribution in [0.5, 0.6) is 0 Å². The summed E-state index contributed by atoms with van der Waals surface area (Å²) < 4.78 is 0. The molecule has 0 unspecified atom stereocenters. The topological polar surface area (TPSA) is 77.3 Å². The summed E-state index contributed by atoms with van der Waals surface area (Å²) in [7, 11) is 0. The molecule has 20 heavy (non-hydrogen) atoms. The molecule has 2 aromatic rings. The summed E-state index contributed by atoms with van der Waals surface area (Å²) in [5.74, 6) is -0.413. The summed E-state index contributed by atoms with van der Waals surface area (Å²) in [4.78, 5) is 33.5. The predicted molar refractivity (Wildman–Crippen MR) is 73.2 cm³/mol. The SMILES string of the molecule is O=C(Cl)c1ccccc1C(=O)c1ccc([N+](=O)[O-])cc1. The Balaban J connectivity index is 2.41. The highest BCUT2D eigenvalue weighted by Gasteiger charge is 2.17. The van der Waals surface area contributed by atoms with Crippen LogP contribution in [0.3, 0.4) is 0 Å². The van der Waals surface area contributed by atoms with Gasteiger partial charge < -0.3 is 0 Å². The van der Waals surface area contributed by atoms with Gasteiger partial charge in [0.2, 0.25) is 0 Å². The maximum atomic E-state index is 12.3. The summed E-state index contributed by atoms with van der Waals surface area (Å²) in [6.45, 7) is 0. The number of nitrogens with zero attached hydrogens (tertiary/aromatic N) is 1. The number of hydrogen-bond donors (Lipinski definition) is 0. The smallest absolute Gasteiger partial charge is 0.269 e. The lowest BCUT2D eigenvalue weighted by atomic mass is 9.99. The highest BCUT2D eigenvalue weighted by Crippen LogP contribution is 2.18. The van der Waals surface area contributed by atoms with Crippen molar-refractivity contribution in [2.45, 2.75) is 0 Å². The maximum Gasteiger partial charge on any atom is 0.269 e. The molecule has 0 fully saturated rings. The monoisotopic (exact) mass is 289 g/mol. The van der Waals surface area contributed by atoms with Crippen LogP contribution in [0.25, 0.3) is 0 Å². The van der Waals surface area contributed by atoms with E-state index >= 15 is 0 Å². The highest BCUT2D eigenvalue weighted by atomic mass is 35.5. The van der Waals surface area contributed by atoms with Crippen LogP contribution in [0.1, 0.15) is 26.3 Å². The van der Waals surface area contributed by atoms with Gasteiger partial charge in [-0.3, -0.25) is 19.7 Å². The van der Waals surface area contributed by atoms with E-state index in [0.717, 1.165) is 0 Å². The van der Waals surface area contributed by atoms with Gasteiger partial charge in [0, 0.05) is 28.8 Å². The second-order valence-corrected chi connectivity index (χ2v) is 4.30. The molecule has 2 rings (SSSR count). The molecule has 2 aromatic carbocycles. The molecule has 0 aliphatic rings. The Morgan fingerprint density at radius 1 is 0.950 bits per heavy atom.